The molecule has 1 N–H and O–H groups in total. The number of hydrogen-bond donors (Lipinski definition) is 1. The number of anilines is 1. The van der Waals surface area contributed by atoms with E-state index in [1.807, 2.05) is 6.07 Å². The normalized spacial score (nSPS) is 23.5. The van der Waals surface area contributed by atoms with Crippen LogP contribution in [0.25, 0.3) is 0 Å². The van der Waals surface area contributed by atoms with Crippen LogP contribution in [0.2, 0.25) is 0 Å². The Labute approximate surface area is 144 Å². The van der Waals surface area contributed by atoms with Gasteiger partial charge in [-0.1, -0.05) is 18.2 Å². The van der Waals surface area contributed by atoms with Crippen LogP contribution in [0.15, 0.2) is 48.6 Å². The summed E-state index contributed by atoms with van der Waals surface area (Å²) in [5.74, 6) is 0.298. The number of halogens is 1. The largest absolute Gasteiger partial charge is 0.490 e. The van der Waals surface area contributed by atoms with Crippen LogP contribution >= 0.6 is 0 Å². The highest BCUT2D eigenvalue weighted by Crippen LogP contribution is 2.50. The predicted octanol–water partition coefficient (Wildman–Crippen LogP) is 4.57. The van der Waals surface area contributed by atoms with Crippen LogP contribution < -0.4 is 10.1 Å². The highest BCUT2D eigenvalue weighted by atomic mass is 19.1. The minimum atomic E-state index is -0.432. The summed E-state index contributed by atoms with van der Waals surface area (Å²) in [6.45, 7) is 0. The summed E-state index contributed by atoms with van der Waals surface area (Å²) in [5, 5.41) is 14.8. The molecule has 2 aromatic rings. The number of ether oxygens (including phenoxy) is 1. The highest BCUT2D eigenvalue weighted by Gasteiger charge is 2.38. The van der Waals surface area contributed by atoms with Gasteiger partial charge < -0.3 is 10.1 Å². The number of benzene rings is 2. The topological polar surface area (TPSA) is 64.4 Å². The Balaban J connectivity index is 1.78. The molecule has 1 aliphatic carbocycles. The van der Waals surface area contributed by atoms with Gasteiger partial charge in [0.15, 0.2) is 5.75 Å². The first-order chi connectivity index (χ1) is 12.1. The Morgan fingerprint density at radius 3 is 2.88 bits per heavy atom. The fraction of sp³-hybridized carbons (Fsp3) is 0.263. The average Bonchev–Trinajstić information content (AvgIpc) is 3.10. The van der Waals surface area contributed by atoms with E-state index in [0.29, 0.717) is 0 Å². The van der Waals surface area contributed by atoms with E-state index in [9.17, 15) is 14.5 Å². The third-order valence-corrected chi connectivity index (χ3v) is 5.08. The molecule has 5 nitrogen and oxygen atoms in total. The van der Waals surface area contributed by atoms with E-state index in [2.05, 4.69) is 17.5 Å². The van der Waals surface area contributed by atoms with Crippen LogP contribution in [0, 0.1) is 21.8 Å². The lowest BCUT2D eigenvalue weighted by Gasteiger charge is -2.37. The monoisotopic (exact) mass is 340 g/mol. The predicted molar refractivity (Wildman–Crippen MR) is 92.4 cm³/mol. The Bertz CT molecular complexity index is 881. The molecule has 0 saturated heterocycles. The number of rotatable bonds is 3. The lowest BCUT2D eigenvalue weighted by molar-refractivity contribution is -0.385. The number of methoxy groups -OCH3 is 1. The molecule has 0 spiro atoms. The number of fused-ring (bicyclic) bond motifs is 3. The van der Waals surface area contributed by atoms with Gasteiger partial charge in [0.2, 0.25) is 0 Å². The van der Waals surface area contributed by atoms with Crippen molar-refractivity contribution in [2.45, 2.75) is 18.4 Å². The van der Waals surface area contributed by atoms with Crippen LogP contribution in [0.3, 0.4) is 0 Å². The Hall–Kier alpha value is -2.89. The molecule has 25 heavy (non-hydrogen) atoms. The zero-order chi connectivity index (χ0) is 17.6. The highest BCUT2D eigenvalue weighted by molar-refractivity contribution is 5.61. The van der Waals surface area contributed by atoms with Crippen LogP contribution in [-0.4, -0.2) is 12.0 Å². The number of allylic oxidation sites excluding steroid dienone is 2. The van der Waals surface area contributed by atoms with Gasteiger partial charge in [-0.05, 0) is 47.7 Å². The van der Waals surface area contributed by atoms with Gasteiger partial charge in [-0.2, -0.15) is 0 Å². The van der Waals surface area contributed by atoms with E-state index in [1.54, 1.807) is 24.3 Å². The summed E-state index contributed by atoms with van der Waals surface area (Å²) in [4.78, 5) is 10.9. The molecule has 2 aromatic carbocycles. The van der Waals surface area contributed by atoms with Gasteiger partial charge in [0.25, 0.3) is 0 Å². The third kappa shape index (κ3) is 2.54. The molecule has 4 rings (SSSR count). The second-order valence-electron chi connectivity index (χ2n) is 6.40. The summed E-state index contributed by atoms with van der Waals surface area (Å²) in [7, 11) is 1.42. The van der Waals surface area contributed by atoms with Crippen LogP contribution in [0.4, 0.5) is 15.8 Å². The van der Waals surface area contributed by atoms with E-state index in [4.69, 9.17) is 4.74 Å². The fourth-order valence-electron chi connectivity index (χ4n) is 3.94. The molecule has 0 saturated carbocycles. The minimum Gasteiger partial charge on any atom is -0.490 e. The molecule has 1 aliphatic heterocycles. The van der Waals surface area contributed by atoms with Crippen LogP contribution in [0.1, 0.15) is 29.5 Å². The van der Waals surface area contributed by atoms with Crippen molar-refractivity contribution >= 4 is 11.4 Å². The first-order valence-electron chi connectivity index (χ1n) is 8.13. The first-order valence-corrected chi connectivity index (χ1v) is 8.13. The van der Waals surface area contributed by atoms with Crippen molar-refractivity contribution in [2.24, 2.45) is 5.92 Å². The quantitative estimate of drug-likeness (QED) is 0.505. The third-order valence-electron chi connectivity index (χ3n) is 5.08. The second-order valence-corrected chi connectivity index (χ2v) is 6.40. The minimum absolute atomic E-state index is 0.0470. The standard InChI is InChI=1S/C19H17FN2O3/c1-25-18-8-5-11(9-17(18)22(23)24)19-14-4-2-3-13(14)15-10-12(20)6-7-16(15)21-19/h2-3,5-10,13-14,19,21H,4H2,1H3/t13-,14+,19+/m0/s1. The molecular formula is C19H17FN2O3. The maximum Gasteiger partial charge on any atom is 0.311 e. The Morgan fingerprint density at radius 2 is 2.12 bits per heavy atom. The van der Waals surface area contributed by atoms with Gasteiger partial charge in [-0.3, -0.25) is 10.1 Å². The molecule has 1 heterocycles. The van der Waals surface area contributed by atoms with Crippen molar-refractivity contribution in [1.82, 2.24) is 0 Å². The number of nitro benzene ring substituents is 1. The summed E-state index contributed by atoms with van der Waals surface area (Å²) in [5.41, 5.74) is 2.60. The maximum absolute atomic E-state index is 13.7. The number of hydrogen-bond acceptors (Lipinski definition) is 4. The SMILES string of the molecule is COc1ccc([C@H]2Nc3ccc(F)cc3[C@H]3C=CC[C@H]32)cc1[N+](=O)[O-]. The van der Waals surface area contributed by atoms with Crippen molar-refractivity contribution in [3.63, 3.8) is 0 Å². The smallest absolute Gasteiger partial charge is 0.311 e. The summed E-state index contributed by atoms with van der Waals surface area (Å²) in [6.07, 6.45) is 5.05. The van der Waals surface area contributed by atoms with Crippen molar-refractivity contribution < 1.29 is 14.1 Å². The molecular weight excluding hydrogens is 323 g/mol. The Morgan fingerprint density at radius 1 is 1.28 bits per heavy atom. The maximum atomic E-state index is 13.7. The van der Waals surface area contributed by atoms with Crippen LogP contribution in [0.5, 0.6) is 5.75 Å². The molecule has 2 aliphatic rings. The van der Waals surface area contributed by atoms with Crippen molar-refractivity contribution in [3.05, 3.63) is 75.6 Å². The molecule has 0 amide bonds. The van der Waals surface area contributed by atoms with Crippen molar-refractivity contribution in [3.8, 4) is 5.75 Å². The zero-order valence-electron chi connectivity index (χ0n) is 13.6. The number of nitrogens with one attached hydrogen (secondary N) is 1. The molecule has 3 atom stereocenters. The molecule has 128 valence electrons. The van der Waals surface area contributed by atoms with Gasteiger partial charge in [-0.25, -0.2) is 4.39 Å². The van der Waals surface area contributed by atoms with Gasteiger partial charge >= 0.3 is 5.69 Å². The van der Waals surface area contributed by atoms with Crippen molar-refractivity contribution in [2.75, 3.05) is 12.4 Å². The molecule has 0 unspecified atom stereocenters. The lowest BCUT2D eigenvalue weighted by Crippen LogP contribution is -2.29. The molecule has 0 aromatic heterocycles. The summed E-state index contributed by atoms with van der Waals surface area (Å²) >= 11 is 0. The summed E-state index contributed by atoms with van der Waals surface area (Å²) in [6, 6.07) is 9.71. The second kappa shape index (κ2) is 5.88. The van der Waals surface area contributed by atoms with E-state index < -0.39 is 4.92 Å². The average molecular weight is 340 g/mol. The number of nitrogens with zero attached hydrogens (tertiary/aromatic N) is 1. The van der Waals surface area contributed by atoms with Gasteiger partial charge in [-0.15, -0.1) is 0 Å². The van der Waals surface area contributed by atoms with Gasteiger partial charge in [0, 0.05) is 17.7 Å². The van der Waals surface area contributed by atoms with Crippen molar-refractivity contribution in [1.29, 1.82) is 0 Å². The lowest BCUT2D eigenvalue weighted by atomic mass is 9.77. The van der Waals surface area contributed by atoms with Crippen LogP contribution in [-0.2, 0) is 0 Å². The molecule has 6 heteroatoms. The van der Waals surface area contributed by atoms with Gasteiger partial charge in [0.1, 0.15) is 5.82 Å². The first kappa shape index (κ1) is 15.6. The van der Waals surface area contributed by atoms with E-state index in [0.717, 1.165) is 23.2 Å². The molecule has 0 bridgehead atoms. The number of nitro groups is 1. The summed E-state index contributed by atoms with van der Waals surface area (Å²) < 4.78 is 18.7. The van der Waals surface area contributed by atoms with E-state index >= 15 is 0 Å². The van der Waals surface area contributed by atoms with E-state index in [-0.39, 0.29) is 35.1 Å². The molecule has 0 fully saturated rings. The Kier molecular flexibility index (Phi) is 3.67. The fourth-order valence-corrected chi connectivity index (χ4v) is 3.94. The molecule has 0 radical (unpaired) electrons. The van der Waals surface area contributed by atoms with Gasteiger partial charge in [0.05, 0.1) is 18.1 Å². The van der Waals surface area contributed by atoms with E-state index in [1.165, 1.54) is 13.2 Å². The zero-order valence-corrected chi connectivity index (χ0v) is 13.6.